The van der Waals surface area contributed by atoms with Gasteiger partial charge < -0.3 is 10.4 Å². The molecule has 0 unspecified atom stereocenters. The van der Waals surface area contributed by atoms with Crippen LogP contribution in [-0.4, -0.2) is 24.8 Å². The maximum atomic E-state index is 8.27. The van der Waals surface area contributed by atoms with Gasteiger partial charge in [-0.25, -0.2) is 0 Å². The highest BCUT2D eigenvalue weighted by Gasteiger charge is 1.88. The molecule has 0 aromatic rings. The van der Waals surface area contributed by atoms with Crippen LogP contribution in [0.3, 0.4) is 0 Å². The number of rotatable bonds is 2. The fourth-order valence-corrected chi connectivity index (χ4v) is 0.0913. The van der Waals surface area contributed by atoms with Crippen molar-refractivity contribution in [1.82, 2.24) is 5.32 Å². The molecule has 3 heteroatoms. The Balaban J connectivity index is 0. The molecule has 0 aliphatic carbocycles. The Bertz CT molecular complexity index is 30.9. The standard InChI is InChI=1S/C4H11NO.ClH/c1-4(3-6)5-2;/h4-6H,3H2,1-2H3;1H/t4-;/m1./s1. The maximum Gasteiger partial charge on any atom is 0.0581 e. The zero-order valence-corrected chi connectivity index (χ0v) is 5.46. The average molecular weight is 126 g/mol. The fourth-order valence-electron chi connectivity index (χ4n) is 0.0913. The third-order valence-electron chi connectivity index (χ3n) is 0.767. The Labute approximate surface area is 50.3 Å². The second-order valence-electron chi connectivity index (χ2n) is 1.37. The molecule has 0 aromatic heterocycles. The van der Waals surface area contributed by atoms with Crippen LogP contribution in [0, 0.1) is 0 Å². The van der Waals surface area contributed by atoms with Gasteiger partial charge in [0.25, 0.3) is 0 Å². The van der Waals surface area contributed by atoms with Crippen molar-refractivity contribution in [2.75, 3.05) is 13.7 Å². The van der Waals surface area contributed by atoms with Crippen LogP contribution in [-0.2, 0) is 0 Å². The molecule has 2 nitrogen and oxygen atoms in total. The van der Waals surface area contributed by atoms with E-state index in [9.17, 15) is 0 Å². The van der Waals surface area contributed by atoms with Crippen LogP contribution in [0.2, 0.25) is 0 Å². The van der Waals surface area contributed by atoms with Crippen LogP contribution in [0.1, 0.15) is 6.92 Å². The largest absolute Gasteiger partial charge is 0.395 e. The predicted octanol–water partition coefficient (Wildman–Crippen LogP) is 0.00840. The van der Waals surface area contributed by atoms with Crippen LogP contribution < -0.4 is 5.32 Å². The zero-order chi connectivity index (χ0) is 4.99. The highest BCUT2D eigenvalue weighted by atomic mass is 35.5. The summed E-state index contributed by atoms with van der Waals surface area (Å²) < 4.78 is 0. The minimum Gasteiger partial charge on any atom is -0.395 e. The van der Waals surface area contributed by atoms with E-state index < -0.39 is 0 Å². The van der Waals surface area contributed by atoms with E-state index in [0.29, 0.717) is 0 Å². The molecular weight excluding hydrogens is 114 g/mol. The summed E-state index contributed by atoms with van der Waals surface area (Å²) in [5, 5.41) is 11.1. The third-order valence-corrected chi connectivity index (χ3v) is 0.767. The molecule has 0 aliphatic heterocycles. The number of nitrogens with one attached hydrogen (secondary N) is 1. The molecule has 0 saturated carbocycles. The molecule has 0 spiro atoms. The van der Waals surface area contributed by atoms with Crippen molar-refractivity contribution in [3.05, 3.63) is 0 Å². The fraction of sp³-hybridized carbons (Fsp3) is 1.00. The van der Waals surface area contributed by atoms with E-state index in [-0.39, 0.29) is 25.1 Å². The van der Waals surface area contributed by atoms with Crippen molar-refractivity contribution in [3.8, 4) is 0 Å². The SMILES string of the molecule is CN[C@H](C)CO.Cl. The molecule has 1 atom stereocenters. The lowest BCUT2D eigenvalue weighted by Gasteiger charge is -2.01. The molecule has 0 heterocycles. The summed E-state index contributed by atoms with van der Waals surface area (Å²) in [6.07, 6.45) is 0. The van der Waals surface area contributed by atoms with Gasteiger partial charge in [-0.3, -0.25) is 0 Å². The summed E-state index contributed by atoms with van der Waals surface area (Å²) >= 11 is 0. The molecule has 0 radical (unpaired) electrons. The predicted molar refractivity (Wildman–Crippen MR) is 32.9 cm³/mol. The van der Waals surface area contributed by atoms with E-state index in [4.69, 9.17) is 5.11 Å². The van der Waals surface area contributed by atoms with E-state index in [1.165, 1.54) is 0 Å². The number of aliphatic hydroxyl groups excluding tert-OH is 1. The van der Waals surface area contributed by atoms with Crippen LogP contribution in [0.15, 0.2) is 0 Å². The molecule has 2 N–H and O–H groups in total. The van der Waals surface area contributed by atoms with Crippen molar-refractivity contribution >= 4 is 12.4 Å². The monoisotopic (exact) mass is 125 g/mol. The molecular formula is C4H12ClNO. The second kappa shape index (κ2) is 6.21. The van der Waals surface area contributed by atoms with Gasteiger partial charge in [0.15, 0.2) is 0 Å². The van der Waals surface area contributed by atoms with Crippen molar-refractivity contribution in [2.24, 2.45) is 0 Å². The highest BCUT2D eigenvalue weighted by Crippen LogP contribution is 1.69. The Morgan fingerprint density at radius 1 is 1.71 bits per heavy atom. The number of hydrogen-bond donors (Lipinski definition) is 2. The maximum absolute atomic E-state index is 8.27. The number of likely N-dealkylation sites (N-methyl/N-ethyl adjacent to an activating group) is 1. The smallest absolute Gasteiger partial charge is 0.0581 e. The second-order valence-corrected chi connectivity index (χ2v) is 1.37. The molecule has 0 amide bonds. The topological polar surface area (TPSA) is 32.3 Å². The Hall–Kier alpha value is 0.210. The lowest BCUT2D eigenvalue weighted by atomic mass is 10.4. The van der Waals surface area contributed by atoms with E-state index in [1.807, 2.05) is 14.0 Å². The molecule has 0 bridgehead atoms. The molecule has 0 rings (SSSR count). The summed E-state index contributed by atoms with van der Waals surface area (Å²) in [6.45, 7) is 2.14. The van der Waals surface area contributed by atoms with Gasteiger partial charge in [0.05, 0.1) is 6.61 Å². The van der Waals surface area contributed by atoms with Gasteiger partial charge in [-0.15, -0.1) is 12.4 Å². The van der Waals surface area contributed by atoms with Gasteiger partial charge in [0, 0.05) is 6.04 Å². The van der Waals surface area contributed by atoms with Gasteiger partial charge in [0.1, 0.15) is 0 Å². The summed E-state index contributed by atoms with van der Waals surface area (Å²) in [5.74, 6) is 0. The van der Waals surface area contributed by atoms with Crippen molar-refractivity contribution in [1.29, 1.82) is 0 Å². The first-order chi connectivity index (χ1) is 2.81. The third kappa shape index (κ3) is 6.21. The van der Waals surface area contributed by atoms with E-state index in [0.717, 1.165) is 0 Å². The quantitative estimate of drug-likeness (QED) is 0.545. The van der Waals surface area contributed by atoms with Crippen molar-refractivity contribution < 1.29 is 5.11 Å². The van der Waals surface area contributed by atoms with Gasteiger partial charge in [-0.1, -0.05) is 0 Å². The molecule has 0 aliphatic rings. The normalized spacial score (nSPS) is 12.4. The minimum absolute atomic E-state index is 0. The lowest BCUT2D eigenvalue weighted by Crippen LogP contribution is -2.24. The minimum atomic E-state index is 0. The number of aliphatic hydroxyl groups is 1. The summed E-state index contributed by atoms with van der Waals surface area (Å²) in [7, 11) is 1.82. The molecule has 0 saturated heterocycles. The van der Waals surface area contributed by atoms with Crippen molar-refractivity contribution in [2.45, 2.75) is 13.0 Å². The summed E-state index contributed by atoms with van der Waals surface area (Å²) in [5.41, 5.74) is 0. The van der Waals surface area contributed by atoms with Gasteiger partial charge >= 0.3 is 0 Å². The molecule has 0 aromatic carbocycles. The Kier molecular flexibility index (Phi) is 9.09. The van der Waals surface area contributed by atoms with E-state index >= 15 is 0 Å². The first-order valence-electron chi connectivity index (χ1n) is 2.09. The van der Waals surface area contributed by atoms with Crippen LogP contribution in [0.5, 0.6) is 0 Å². The van der Waals surface area contributed by atoms with Gasteiger partial charge in [0.2, 0.25) is 0 Å². The zero-order valence-electron chi connectivity index (χ0n) is 4.64. The molecule has 46 valence electrons. The highest BCUT2D eigenvalue weighted by molar-refractivity contribution is 5.85. The van der Waals surface area contributed by atoms with Gasteiger partial charge in [-0.2, -0.15) is 0 Å². The summed E-state index contributed by atoms with van der Waals surface area (Å²) in [6, 6.07) is 0.241. The lowest BCUT2D eigenvalue weighted by molar-refractivity contribution is 0.258. The molecule has 0 fully saturated rings. The van der Waals surface area contributed by atoms with Gasteiger partial charge in [-0.05, 0) is 14.0 Å². The average Bonchev–Trinajstić information content (AvgIpc) is 1.65. The Morgan fingerprint density at radius 2 is 2.14 bits per heavy atom. The van der Waals surface area contributed by atoms with Crippen LogP contribution in [0.25, 0.3) is 0 Å². The number of hydrogen-bond acceptors (Lipinski definition) is 2. The van der Waals surface area contributed by atoms with Crippen LogP contribution in [0.4, 0.5) is 0 Å². The number of halogens is 1. The first-order valence-corrected chi connectivity index (χ1v) is 2.09. The van der Waals surface area contributed by atoms with E-state index in [2.05, 4.69) is 5.32 Å². The van der Waals surface area contributed by atoms with Crippen LogP contribution >= 0.6 is 12.4 Å². The Morgan fingerprint density at radius 3 is 2.14 bits per heavy atom. The first kappa shape index (κ1) is 10.2. The summed E-state index contributed by atoms with van der Waals surface area (Å²) in [4.78, 5) is 0. The molecule has 7 heavy (non-hydrogen) atoms. The van der Waals surface area contributed by atoms with Crippen molar-refractivity contribution in [3.63, 3.8) is 0 Å². The van der Waals surface area contributed by atoms with E-state index in [1.54, 1.807) is 0 Å².